The first kappa shape index (κ1) is 42.5. The monoisotopic (exact) mass is 869 g/mol. The van der Waals surface area contributed by atoms with Gasteiger partial charge in [-0.05, 0) is 53.8 Å². The van der Waals surface area contributed by atoms with Crippen LogP contribution in [0.2, 0.25) is 0 Å². The molecule has 2 bridgehead atoms. The third-order valence-corrected chi connectivity index (χ3v) is 16.2. The van der Waals surface area contributed by atoms with Crippen molar-refractivity contribution in [1.29, 1.82) is 0 Å². The zero-order valence-corrected chi connectivity index (χ0v) is 36.0. The number of aromatic nitrogens is 2. The number of benzene rings is 4. The first-order valence-electron chi connectivity index (χ1n) is 20.0. The first-order chi connectivity index (χ1) is 29.4. The quantitative estimate of drug-likeness (QED) is 0.0595. The molecule has 4 saturated heterocycles. The van der Waals surface area contributed by atoms with Crippen LogP contribution in [-0.2, 0) is 24.3 Å². The van der Waals surface area contributed by atoms with Gasteiger partial charge in [-0.2, -0.15) is 0 Å². The molecular weight excluding hydrogens is 822 g/mol. The van der Waals surface area contributed by atoms with Gasteiger partial charge in [0, 0.05) is 48.8 Å². The molecule has 6 atom stereocenters. The second-order valence-corrected chi connectivity index (χ2v) is 19.4. The highest BCUT2D eigenvalue weighted by molar-refractivity contribution is 8.53. The molecule has 0 saturated carbocycles. The van der Waals surface area contributed by atoms with Gasteiger partial charge in [-0.1, -0.05) is 108 Å². The molecule has 4 aliphatic rings. The standard InChI is InChI=1S/C45H48N3O9PS2/c1-52-35-19-15-33(16-20-35)45(32-13-7-4-8-14-32,34-17-21-36(53-2)22-18-34)56-37-29-38(41-42(55-39(37)30-54-41)48-26-23-40(49)46-44(48)51)57-58(47-24-9-10-25-47)60-28-27-59-43(50)31-11-5-3-6-12-31/h3-8,11-23,26,37-39,41-42H,9-10,24-25,27-30H2,1-2H3,(H,46,49,51)/t37?,38?,39?,41?,42-,58?/m1/s1. The van der Waals surface area contributed by atoms with Crippen LogP contribution in [0.1, 0.15) is 52.5 Å². The minimum atomic E-state index is -1.23. The van der Waals surface area contributed by atoms with Crippen molar-refractivity contribution in [3.8, 4) is 11.5 Å². The maximum atomic E-state index is 13.4. The van der Waals surface area contributed by atoms with Crippen LogP contribution >= 0.6 is 30.6 Å². The smallest absolute Gasteiger partial charge is 0.330 e. The fraction of sp³-hybridized carbons (Fsp3) is 0.356. The van der Waals surface area contributed by atoms with Gasteiger partial charge in [0.15, 0.2) is 13.7 Å². The first-order valence-corrected chi connectivity index (χ1v) is 23.8. The molecule has 5 unspecified atom stereocenters. The van der Waals surface area contributed by atoms with Crippen LogP contribution in [0.3, 0.4) is 0 Å². The maximum absolute atomic E-state index is 13.4. The van der Waals surface area contributed by atoms with E-state index < -0.39 is 55.0 Å². The Kier molecular flexibility index (Phi) is 13.9. The summed E-state index contributed by atoms with van der Waals surface area (Å²) >= 11 is 3.02. The van der Waals surface area contributed by atoms with Crippen LogP contribution in [0.15, 0.2) is 131 Å². The number of methoxy groups -OCH3 is 2. The predicted molar refractivity (Wildman–Crippen MR) is 235 cm³/mol. The van der Waals surface area contributed by atoms with Gasteiger partial charge in [-0.25, -0.2) is 4.79 Å². The molecule has 0 radical (unpaired) electrons. The fourth-order valence-corrected chi connectivity index (χ4v) is 13.3. The van der Waals surface area contributed by atoms with Crippen molar-refractivity contribution in [2.75, 3.05) is 45.4 Å². The molecule has 314 valence electrons. The molecule has 60 heavy (non-hydrogen) atoms. The third kappa shape index (κ3) is 9.31. The van der Waals surface area contributed by atoms with Crippen LogP contribution in [-0.4, -0.2) is 89.2 Å². The van der Waals surface area contributed by atoms with Crippen LogP contribution in [0.4, 0.5) is 0 Å². The molecule has 1 aromatic heterocycles. The predicted octanol–water partition coefficient (Wildman–Crippen LogP) is 7.63. The van der Waals surface area contributed by atoms with Gasteiger partial charge in [0.25, 0.3) is 5.56 Å². The minimum Gasteiger partial charge on any atom is -0.497 e. The Balaban J connectivity index is 1.17. The number of fused-ring (bicyclic) bond motifs is 4. The van der Waals surface area contributed by atoms with Crippen LogP contribution in [0.5, 0.6) is 11.5 Å². The highest BCUT2D eigenvalue weighted by atomic mass is 32.7. The number of rotatable bonds is 16. The third-order valence-electron chi connectivity index (χ3n) is 11.0. The lowest BCUT2D eigenvalue weighted by Gasteiger charge is -2.41. The molecule has 9 rings (SSSR count). The number of aromatic amines is 1. The molecule has 4 aliphatic heterocycles. The number of hydrogen-bond donors (Lipinski definition) is 1. The van der Waals surface area contributed by atoms with E-state index in [-0.39, 0.29) is 11.7 Å². The lowest BCUT2D eigenvalue weighted by Crippen LogP contribution is -2.49. The largest absolute Gasteiger partial charge is 0.497 e. The lowest BCUT2D eigenvalue weighted by molar-refractivity contribution is -0.235. The molecule has 0 aliphatic carbocycles. The van der Waals surface area contributed by atoms with Crippen molar-refractivity contribution in [3.63, 3.8) is 0 Å². The summed E-state index contributed by atoms with van der Waals surface area (Å²) in [6.07, 6.45) is 0.465. The summed E-state index contributed by atoms with van der Waals surface area (Å²) in [6.45, 7) is 1.97. The molecule has 0 amide bonds. The Morgan fingerprint density at radius 1 is 0.800 bits per heavy atom. The van der Waals surface area contributed by atoms with E-state index in [4.69, 9.17) is 28.2 Å². The van der Waals surface area contributed by atoms with Crippen molar-refractivity contribution in [2.45, 2.75) is 55.5 Å². The van der Waals surface area contributed by atoms with E-state index in [0.29, 0.717) is 35.0 Å². The van der Waals surface area contributed by atoms with E-state index in [9.17, 15) is 14.4 Å². The molecular formula is C45H48N3O9PS2. The number of carbonyl (C=O) groups excluding carboxylic acids is 1. The average molecular weight is 870 g/mol. The summed E-state index contributed by atoms with van der Waals surface area (Å²) < 4.78 is 43.4. The molecule has 5 heterocycles. The van der Waals surface area contributed by atoms with Crippen LogP contribution in [0, 0.1) is 0 Å². The van der Waals surface area contributed by atoms with Crippen molar-refractivity contribution in [1.82, 2.24) is 14.2 Å². The number of ether oxygens (including phenoxy) is 5. The summed E-state index contributed by atoms with van der Waals surface area (Å²) in [4.78, 5) is 41.0. The van der Waals surface area contributed by atoms with E-state index in [1.807, 2.05) is 97.1 Å². The van der Waals surface area contributed by atoms with Gasteiger partial charge in [-0.3, -0.25) is 23.8 Å². The normalized spacial score (nSPS) is 22.3. The summed E-state index contributed by atoms with van der Waals surface area (Å²) in [6, 6.07) is 36.5. The van der Waals surface area contributed by atoms with Crippen molar-refractivity contribution >= 4 is 35.8 Å². The number of carbonyl (C=O) groups is 1. The summed E-state index contributed by atoms with van der Waals surface area (Å²) in [5, 5.41) is 0.0405. The Labute approximate surface area is 358 Å². The Hall–Kier alpha value is -4.24. The van der Waals surface area contributed by atoms with E-state index in [1.165, 1.54) is 28.6 Å². The number of H-pyrrole nitrogens is 1. The average Bonchev–Trinajstić information content (AvgIpc) is 3.74. The maximum Gasteiger partial charge on any atom is 0.330 e. The van der Waals surface area contributed by atoms with Gasteiger partial charge < -0.3 is 28.2 Å². The summed E-state index contributed by atoms with van der Waals surface area (Å²) in [5.74, 6) is 2.73. The van der Waals surface area contributed by atoms with Gasteiger partial charge in [0.05, 0.1) is 33.0 Å². The number of nitrogens with zero attached hydrogens (tertiary/aromatic N) is 2. The van der Waals surface area contributed by atoms with Crippen molar-refractivity contribution in [2.24, 2.45) is 0 Å². The zero-order valence-electron chi connectivity index (χ0n) is 33.4. The second-order valence-electron chi connectivity index (χ2n) is 14.7. The van der Waals surface area contributed by atoms with E-state index >= 15 is 0 Å². The highest BCUT2D eigenvalue weighted by Gasteiger charge is 2.52. The van der Waals surface area contributed by atoms with Crippen LogP contribution < -0.4 is 20.7 Å². The van der Waals surface area contributed by atoms with Gasteiger partial charge in [0.1, 0.15) is 29.3 Å². The van der Waals surface area contributed by atoms with E-state index in [0.717, 1.165) is 42.6 Å². The van der Waals surface area contributed by atoms with Crippen molar-refractivity contribution < 1.29 is 33.0 Å². The van der Waals surface area contributed by atoms with Crippen LogP contribution in [0.25, 0.3) is 0 Å². The molecule has 12 nitrogen and oxygen atoms in total. The topological polar surface area (TPSA) is 131 Å². The molecule has 0 spiro atoms. The zero-order chi connectivity index (χ0) is 41.5. The number of nitrogens with one attached hydrogen (secondary N) is 1. The summed E-state index contributed by atoms with van der Waals surface area (Å²) in [7, 11) is 2.05. The second kappa shape index (κ2) is 19.6. The van der Waals surface area contributed by atoms with Crippen molar-refractivity contribution in [3.05, 3.63) is 165 Å². The lowest BCUT2D eigenvalue weighted by atomic mass is 9.79. The Bertz CT molecular complexity index is 2250. The Morgan fingerprint density at radius 3 is 2.03 bits per heavy atom. The molecule has 1 N–H and O–H groups in total. The molecule has 5 aromatic rings. The highest BCUT2D eigenvalue weighted by Crippen LogP contribution is 2.58. The van der Waals surface area contributed by atoms with E-state index in [1.54, 1.807) is 25.6 Å². The van der Waals surface area contributed by atoms with Gasteiger partial charge >= 0.3 is 5.69 Å². The molecule has 4 fully saturated rings. The van der Waals surface area contributed by atoms with Gasteiger partial charge in [-0.15, -0.1) is 0 Å². The van der Waals surface area contributed by atoms with Gasteiger partial charge in [0.2, 0.25) is 5.12 Å². The molecule has 4 aromatic carbocycles. The fourth-order valence-electron chi connectivity index (χ4n) is 7.98. The van der Waals surface area contributed by atoms with E-state index in [2.05, 4.69) is 21.8 Å². The Morgan fingerprint density at radius 2 is 1.42 bits per heavy atom. The number of thioether (sulfide) groups is 1. The summed E-state index contributed by atoms with van der Waals surface area (Å²) in [5.41, 5.74) is 1.03. The molecule has 15 heteroatoms. The minimum absolute atomic E-state index is 0.0405. The number of hydrogen-bond acceptors (Lipinski definition) is 12. The SMILES string of the molecule is COc1ccc(C(OC2CC(OP(SCCSC(=O)c3ccccc3)N3CCCC3)C3OCC2O[C@H]3n2ccc(=O)[nH]c2=O)(c2ccccc2)c2ccc(OC)cc2)cc1.